The van der Waals surface area contributed by atoms with E-state index in [1.165, 1.54) is 18.5 Å². The third-order valence-corrected chi connectivity index (χ3v) is 5.83. The van der Waals surface area contributed by atoms with Gasteiger partial charge in [0.1, 0.15) is 5.69 Å². The summed E-state index contributed by atoms with van der Waals surface area (Å²) in [7, 11) is 0. The first kappa shape index (κ1) is 22.8. The molecule has 1 amide bonds. The Labute approximate surface area is 195 Å². The van der Waals surface area contributed by atoms with Crippen LogP contribution < -0.4 is 15.1 Å². The number of amides is 1. The number of aromatic nitrogens is 3. The van der Waals surface area contributed by atoms with Crippen molar-refractivity contribution in [1.29, 1.82) is 0 Å². The normalized spacial score (nSPS) is 15.7. The van der Waals surface area contributed by atoms with Gasteiger partial charge in [0.05, 0.1) is 36.5 Å². The molecule has 2 aliphatic rings. The molecule has 33 heavy (non-hydrogen) atoms. The highest BCUT2D eigenvalue weighted by Crippen LogP contribution is 2.34. The van der Waals surface area contributed by atoms with Crippen molar-refractivity contribution >= 4 is 23.0 Å². The first-order valence-corrected chi connectivity index (χ1v) is 11.8. The van der Waals surface area contributed by atoms with Gasteiger partial charge in [0.2, 0.25) is 0 Å². The molecule has 3 aromatic rings. The van der Waals surface area contributed by atoms with E-state index in [4.69, 9.17) is 4.74 Å². The average Bonchev–Trinajstić information content (AvgIpc) is 3.61. The number of rotatable bonds is 5. The molecule has 0 aliphatic carbocycles. The van der Waals surface area contributed by atoms with Gasteiger partial charge in [-0.05, 0) is 43.2 Å². The maximum absolute atomic E-state index is 13.0. The van der Waals surface area contributed by atoms with E-state index in [0.29, 0.717) is 11.4 Å². The lowest BCUT2D eigenvalue weighted by Gasteiger charge is -2.31. The molecule has 0 saturated carbocycles. The van der Waals surface area contributed by atoms with Gasteiger partial charge in [-0.1, -0.05) is 19.9 Å². The summed E-state index contributed by atoms with van der Waals surface area (Å²) in [5, 5.41) is 9.84. The second-order valence-corrected chi connectivity index (χ2v) is 7.84. The predicted octanol–water partition coefficient (Wildman–Crippen LogP) is 4.19. The SMILES string of the molecule is CC.O=C(Nc1ccc(N2CCOCC2)cc1N1CCCC1)c1cccc(-c2cn[nH]c2)n1. The Kier molecular flexibility index (Phi) is 7.57. The smallest absolute Gasteiger partial charge is 0.274 e. The molecule has 4 heterocycles. The number of nitrogens with one attached hydrogen (secondary N) is 2. The number of pyridine rings is 1. The highest BCUT2D eigenvalue weighted by molar-refractivity contribution is 6.05. The average molecular weight is 449 g/mol. The molecule has 0 radical (unpaired) electrons. The quantitative estimate of drug-likeness (QED) is 0.609. The van der Waals surface area contributed by atoms with Crippen molar-refractivity contribution in [3.63, 3.8) is 0 Å². The van der Waals surface area contributed by atoms with E-state index in [9.17, 15) is 4.79 Å². The number of H-pyrrole nitrogens is 1. The number of nitrogens with zero attached hydrogens (tertiary/aromatic N) is 4. The van der Waals surface area contributed by atoms with E-state index in [-0.39, 0.29) is 5.91 Å². The van der Waals surface area contributed by atoms with Crippen molar-refractivity contribution in [2.24, 2.45) is 0 Å². The summed E-state index contributed by atoms with van der Waals surface area (Å²) in [6.45, 7) is 9.27. The van der Waals surface area contributed by atoms with E-state index in [2.05, 4.69) is 42.4 Å². The van der Waals surface area contributed by atoms with Gasteiger partial charge in [0.15, 0.2) is 0 Å². The monoisotopic (exact) mass is 448 g/mol. The first-order valence-electron chi connectivity index (χ1n) is 11.8. The molecule has 2 aliphatic heterocycles. The molecule has 5 rings (SSSR count). The fourth-order valence-corrected chi connectivity index (χ4v) is 4.16. The topological polar surface area (TPSA) is 86.4 Å². The van der Waals surface area contributed by atoms with Gasteiger partial charge < -0.3 is 19.9 Å². The molecule has 0 atom stereocenters. The third-order valence-electron chi connectivity index (χ3n) is 5.83. The lowest BCUT2D eigenvalue weighted by molar-refractivity contribution is 0.102. The molecule has 2 fully saturated rings. The molecular formula is C25H32N6O2. The molecular weight excluding hydrogens is 416 g/mol. The number of aromatic amines is 1. The summed E-state index contributed by atoms with van der Waals surface area (Å²) >= 11 is 0. The van der Waals surface area contributed by atoms with Crippen molar-refractivity contribution in [2.45, 2.75) is 26.7 Å². The van der Waals surface area contributed by atoms with Crippen LogP contribution >= 0.6 is 0 Å². The van der Waals surface area contributed by atoms with E-state index in [1.54, 1.807) is 18.5 Å². The maximum atomic E-state index is 13.0. The minimum atomic E-state index is -0.218. The Hall–Kier alpha value is -3.39. The predicted molar refractivity (Wildman–Crippen MR) is 132 cm³/mol. The van der Waals surface area contributed by atoms with Crippen LogP contribution in [-0.2, 0) is 4.74 Å². The second-order valence-electron chi connectivity index (χ2n) is 7.84. The lowest BCUT2D eigenvalue weighted by atomic mass is 10.1. The Morgan fingerprint density at radius 3 is 2.55 bits per heavy atom. The van der Waals surface area contributed by atoms with Gasteiger partial charge in [-0.3, -0.25) is 9.89 Å². The molecule has 0 unspecified atom stereocenters. The number of hydrogen-bond acceptors (Lipinski definition) is 6. The highest BCUT2D eigenvalue weighted by Gasteiger charge is 2.21. The van der Waals surface area contributed by atoms with E-state index in [0.717, 1.165) is 56.3 Å². The summed E-state index contributed by atoms with van der Waals surface area (Å²) in [5.74, 6) is -0.218. The van der Waals surface area contributed by atoms with Crippen LogP contribution in [0.2, 0.25) is 0 Å². The van der Waals surface area contributed by atoms with E-state index < -0.39 is 0 Å². The summed E-state index contributed by atoms with van der Waals surface area (Å²) in [6, 6.07) is 11.7. The molecule has 2 N–H and O–H groups in total. The number of carbonyl (C=O) groups is 1. The Bertz CT molecular complexity index is 1040. The van der Waals surface area contributed by atoms with Crippen molar-refractivity contribution in [2.75, 3.05) is 54.5 Å². The second kappa shape index (κ2) is 11.0. The van der Waals surface area contributed by atoms with Crippen molar-refractivity contribution in [1.82, 2.24) is 15.2 Å². The molecule has 1 aromatic carbocycles. The Balaban J connectivity index is 0.00000126. The Morgan fingerprint density at radius 1 is 1.03 bits per heavy atom. The number of benzene rings is 1. The molecule has 0 spiro atoms. The highest BCUT2D eigenvalue weighted by atomic mass is 16.5. The van der Waals surface area contributed by atoms with Gasteiger partial charge in [0, 0.05) is 43.6 Å². The minimum Gasteiger partial charge on any atom is -0.378 e. The van der Waals surface area contributed by atoms with Gasteiger partial charge in [-0.15, -0.1) is 0 Å². The van der Waals surface area contributed by atoms with Crippen LogP contribution in [0.25, 0.3) is 11.3 Å². The van der Waals surface area contributed by atoms with Gasteiger partial charge >= 0.3 is 0 Å². The number of morpholine rings is 1. The fraction of sp³-hybridized carbons (Fsp3) is 0.400. The van der Waals surface area contributed by atoms with Crippen LogP contribution in [0.1, 0.15) is 37.2 Å². The van der Waals surface area contributed by atoms with Crippen LogP contribution in [0.4, 0.5) is 17.1 Å². The number of carbonyl (C=O) groups excluding carboxylic acids is 1. The summed E-state index contributed by atoms with van der Waals surface area (Å²) in [6.07, 6.45) is 5.80. The largest absolute Gasteiger partial charge is 0.378 e. The molecule has 2 saturated heterocycles. The van der Waals surface area contributed by atoms with Crippen LogP contribution in [0.15, 0.2) is 48.8 Å². The van der Waals surface area contributed by atoms with Gasteiger partial charge in [-0.2, -0.15) is 5.10 Å². The molecule has 2 aromatic heterocycles. The molecule has 8 nitrogen and oxygen atoms in total. The van der Waals surface area contributed by atoms with E-state index in [1.807, 2.05) is 32.0 Å². The zero-order chi connectivity index (χ0) is 23.0. The lowest BCUT2D eigenvalue weighted by Crippen LogP contribution is -2.36. The van der Waals surface area contributed by atoms with Crippen molar-refractivity contribution in [3.05, 3.63) is 54.5 Å². The van der Waals surface area contributed by atoms with Crippen molar-refractivity contribution in [3.8, 4) is 11.3 Å². The molecule has 8 heteroatoms. The van der Waals surface area contributed by atoms with Crippen LogP contribution in [0.5, 0.6) is 0 Å². The summed E-state index contributed by atoms with van der Waals surface area (Å²) in [5.41, 5.74) is 5.00. The summed E-state index contributed by atoms with van der Waals surface area (Å²) < 4.78 is 5.49. The van der Waals surface area contributed by atoms with Crippen LogP contribution in [-0.4, -0.2) is 60.5 Å². The zero-order valence-electron chi connectivity index (χ0n) is 19.4. The first-order chi connectivity index (χ1) is 16.3. The third kappa shape index (κ3) is 5.34. The van der Waals surface area contributed by atoms with Crippen LogP contribution in [0, 0.1) is 0 Å². The van der Waals surface area contributed by atoms with Gasteiger partial charge in [-0.25, -0.2) is 4.98 Å². The van der Waals surface area contributed by atoms with Crippen molar-refractivity contribution < 1.29 is 9.53 Å². The minimum absolute atomic E-state index is 0.218. The number of hydrogen-bond donors (Lipinski definition) is 2. The van der Waals surface area contributed by atoms with E-state index >= 15 is 0 Å². The standard InChI is InChI=1S/C23H26N6O2.C2H6/c30-23(21-5-3-4-19(26-21)17-15-24-25-16-17)27-20-7-6-18(28-10-12-31-13-11-28)14-22(20)29-8-1-2-9-29;1-2/h3-7,14-16H,1-2,8-13H2,(H,24,25)(H,27,30);1-2H3. The number of anilines is 3. The zero-order valence-corrected chi connectivity index (χ0v) is 19.4. The number of ether oxygens (including phenoxy) is 1. The van der Waals surface area contributed by atoms with Gasteiger partial charge in [0.25, 0.3) is 5.91 Å². The maximum Gasteiger partial charge on any atom is 0.274 e. The molecule has 0 bridgehead atoms. The Morgan fingerprint density at radius 2 is 1.82 bits per heavy atom. The fourth-order valence-electron chi connectivity index (χ4n) is 4.16. The van der Waals surface area contributed by atoms with Crippen LogP contribution in [0.3, 0.4) is 0 Å². The molecule has 174 valence electrons. The summed E-state index contributed by atoms with van der Waals surface area (Å²) in [4.78, 5) is 22.3.